The molecule has 8 heteroatoms. The maximum atomic E-state index is 11.2. The van der Waals surface area contributed by atoms with E-state index in [-0.39, 0.29) is 5.12 Å². The molecule has 4 rings (SSSR count). The van der Waals surface area contributed by atoms with Gasteiger partial charge in [-0.2, -0.15) is 0 Å². The summed E-state index contributed by atoms with van der Waals surface area (Å²) in [5, 5.41) is -0.245. The topological polar surface area (TPSA) is 50.6 Å². The van der Waals surface area contributed by atoms with Crippen LogP contribution < -0.4 is 23.5 Å². The molecule has 0 atom stereocenters. The molecular weight excluding hydrogens is 645 g/mol. The summed E-state index contributed by atoms with van der Waals surface area (Å²) in [7, 11) is 8.10. The number of rotatable bonds is 15. The molecule has 0 radical (unpaired) electrons. The van der Waals surface area contributed by atoms with Gasteiger partial charge in [-0.05, 0) is 78.7 Å². The molecule has 0 spiro atoms. The van der Waals surface area contributed by atoms with Crippen LogP contribution in [0.25, 0.3) is 18.2 Å². The number of nitrogens with zero attached hydrogens (tertiary/aromatic N) is 3. The van der Waals surface area contributed by atoms with E-state index in [9.17, 15) is 4.79 Å². The third-order valence-electron chi connectivity index (χ3n) is 7.45. The van der Waals surface area contributed by atoms with Crippen molar-refractivity contribution < 1.29 is 18.5 Å². The van der Waals surface area contributed by atoms with Crippen LogP contribution in [0.2, 0.25) is 0 Å². The highest BCUT2D eigenvalue weighted by Gasteiger charge is 2.04. The zero-order chi connectivity index (χ0) is 35.3. The summed E-state index contributed by atoms with van der Waals surface area (Å²) in [5.41, 5.74) is 6.54. The van der Waals surface area contributed by atoms with E-state index in [4.69, 9.17) is 4.18 Å². The van der Waals surface area contributed by atoms with E-state index >= 15 is 0 Å². The monoisotopic (exact) mass is 692 g/mol. The summed E-state index contributed by atoms with van der Waals surface area (Å²) in [5.74, 6) is 1.54. The highest BCUT2D eigenvalue weighted by atomic mass is 32.2. The van der Waals surface area contributed by atoms with Gasteiger partial charge in [0.05, 0.1) is 12.0 Å². The van der Waals surface area contributed by atoms with Crippen LogP contribution in [-0.2, 0) is 7.05 Å². The van der Waals surface area contributed by atoms with Gasteiger partial charge in [0.1, 0.15) is 19.8 Å². The number of pyridine rings is 1. The van der Waals surface area contributed by atoms with E-state index in [2.05, 4.69) is 145 Å². The van der Waals surface area contributed by atoms with Gasteiger partial charge in [-0.15, -0.1) is 12.6 Å². The first-order valence-electron chi connectivity index (χ1n) is 16.2. The van der Waals surface area contributed by atoms with Gasteiger partial charge >= 0.3 is 0 Å². The van der Waals surface area contributed by atoms with Crippen LogP contribution in [0.1, 0.15) is 34.1 Å². The van der Waals surface area contributed by atoms with Crippen molar-refractivity contribution in [1.82, 2.24) is 0 Å². The molecule has 254 valence electrons. The summed E-state index contributed by atoms with van der Waals surface area (Å²) in [6.45, 7) is 4.03. The number of allylic oxidation sites excluding steroid dienone is 5. The maximum absolute atomic E-state index is 11.2. The highest BCUT2D eigenvalue weighted by molar-refractivity contribution is 7.97. The van der Waals surface area contributed by atoms with Gasteiger partial charge in [0.2, 0.25) is 10.8 Å². The number of thiol groups is 1. The molecule has 0 bridgehead atoms. The Kier molecular flexibility index (Phi) is 17.3. The van der Waals surface area contributed by atoms with Crippen molar-refractivity contribution in [2.75, 3.05) is 49.8 Å². The molecule has 1 heterocycles. The Labute approximate surface area is 302 Å². The first-order valence-corrected chi connectivity index (χ1v) is 17.5. The molecule has 0 saturated carbocycles. The lowest BCUT2D eigenvalue weighted by molar-refractivity contribution is -0.673. The average molecular weight is 693 g/mol. The Morgan fingerprint density at radius 1 is 0.796 bits per heavy atom. The van der Waals surface area contributed by atoms with Gasteiger partial charge in [-0.1, -0.05) is 54.6 Å². The van der Waals surface area contributed by atoms with Crippen LogP contribution in [0.3, 0.4) is 0 Å². The SMILES string of the molecule is CCN(C)c1ccc(/C=C/c2cccc[n+]2C)cc1.C[NH+]=C\C=C/C=C/C=C/c1ccc(N(C)CCSOc2ccc(C(=O)S)cc2)cc1. The largest absolute Gasteiger partial charge is 0.426 e. The molecule has 0 unspecified atom stereocenters. The van der Waals surface area contributed by atoms with Crippen molar-refractivity contribution in [3.05, 3.63) is 150 Å². The fourth-order valence-corrected chi connectivity index (χ4v) is 5.16. The Morgan fingerprint density at radius 3 is 2.02 bits per heavy atom. The molecule has 4 aromatic rings. The number of hydrogen-bond donors (Lipinski definition) is 2. The minimum Gasteiger partial charge on any atom is -0.426 e. The molecule has 0 fully saturated rings. The third-order valence-corrected chi connectivity index (χ3v) is 8.36. The van der Waals surface area contributed by atoms with E-state index < -0.39 is 0 Å². The highest BCUT2D eigenvalue weighted by Crippen LogP contribution is 2.20. The van der Waals surface area contributed by atoms with Gasteiger partial charge in [0.25, 0.3) is 0 Å². The summed E-state index contributed by atoms with van der Waals surface area (Å²) < 4.78 is 7.77. The molecule has 1 N–H and O–H groups in total. The minimum atomic E-state index is -0.245. The Bertz CT molecular complexity index is 1710. The Balaban J connectivity index is 0.000000293. The molecule has 0 saturated heterocycles. The normalized spacial score (nSPS) is 11.5. The van der Waals surface area contributed by atoms with Crippen molar-refractivity contribution in [2.45, 2.75) is 6.92 Å². The average Bonchev–Trinajstić information content (AvgIpc) is 3.13. The summed E-state index contributed by atoms with van der Waals surface area (Å²) >= 11 is 5.19. The fourth-order valence-electron chi connectivity index (χ4n) is 4.33. The molecule has 0 aliphatic rings. The van der Waals surface area contributed by atoms with Crippen molar-refractivity contribution in [3.63, 3.8) is 0 Å². The summed E-state index contributed by atoms with van der Waals surface area (Å²) in [6, 6.07) is 30.2. The van der Waals surface area contributed by atoms with E-state index in [1.54, 1.807) is 24.3 Å². The van der Waals surface area contributed by atoms with Crippen LogP contribution in [0.4, 0.5) is 11.4 Å². The molecule has 3 aromatic carbocycles. The van der Waals surface area contributed by atoms with E-state index in [0.29, 0.717) is 5.56 Å². The lowest BCUT2D eigenvalue weighted by atomic mass is 10.1. The lowest BCUT2D eigenvalue weighted by Crippen LogP contribution is -2.62. The second-order valence-electron chi connectivity index (χ2n) is 11.0. The number of hydrogen-bond acceptors (Lipinski definition) is 5. The van der Waals surface area contributed by atoms with Crippen molar-refractivity contribution in [3.8, 4) is 5.75 Å². The Hall–Kier alpha value is -4.79. The zero-order valence-corrected chi connectivity index (χ0v) is 30.8. The second-order valence-corrected chi connectivity index (χ2v) is 12.2. The minimum absolute atomic E-state index is 0.245. The van der Waals surface area contributed by atoms with Crippen LogP contribution in [0.5, 0.6) is 5.75 Å². The van der Waals surface area contributed by atoms with Crippen LogP contribution in [-0.4, -0.2) is 51.3 Å². The number of carbonyl (C=O) groups is 1. The molecule has 49 heavy (non-hydrogen) atoms. The first-order chi connectivity index (χ1) is 23.8. The molecule has 1 aromatic heterocycles. The van der Waals surface area contributed by atoms with Crippen LogP contribution in [0.15, 0.2) is 128 Å². The fraction of sp³-hybridized carbons (Fsp3) is 0.195. The Morgan fingerprint density at radius 2 is 1.41 bits per heavy atom. The zero-order valence-electron chi connectivity index (χ0n) is 29.1. The van der Waals surface area contributed by atoms with Crippen molar-refractivity contribution >= 4 is 65.6 Å². The number of anilines is 2. The van der Waals surface area contributed by atoms with E-state index in [1.165, 1.54) is 29.0 Å². The van der Waals surface area contributed by atoms with Gasteiger partial charge in [0, 0.05) is 74.2 Å². The van der Waals surface area contributed by atoms with Crippen LogP contribution >= 0.6 is 24.7 Å². The third kappa shape index (κ3) is 14.5. The quantitative estimate of drug-likeness (QED) is 0.0353. The maximum Gasteiger partial charge on any atom is 0.216 e. The van der Waals surface area contributed by atoms with Gasteiger partial charge in [-0.3, -0.25) is 9.79 Å². The van der Waals surface area contributed by atoms with Gasteiger partial charge in [-0.25, -0.2) is 4.57 Å². The molecule has 0 amide bonds. The molecular formula is C41H48N4O2S2+2. The number of aromatic nitrogens is 1. The number of benzene rings is 3. The van der Waals surface area contributed by atoms with Crippen LogP contribution in [0, 0.1) is 0 Å². The predicted molar refractivity (Wildman–Crippen MR) is 215 cm³/mol. The van der Waals surface area contributed by atoms with Crippen molar-refractivity contribution in [1.29, 1.82) is 0 Å². The molecule has 0 aliphatic carbocycles. The number of carbonyl (C=O) groups excluding carboxylic acids is 1. The van der Waals surface area contributed by atoms with Gasteiger partial charge < -0.3 is 14.0 Å². The van der Waals surface area contributed by atoms with Crippen molar-refractivity contribution in [2.24, 2.45) is 7.05 Å². The first kappa shape index (κ1) is 38.7. The molecule has 6 nitrogen and oxygen atoms in total. The van der Waals surface area contributed by atoms with E-state index in [0.717, 1.165) is 35.8 Å². The standard InChI is InChI=1S/C24H26N2O2S2.C17H21N2/c1-25-17-7-5-3-4-6-8-20-9-13-22(14-10-20)26(2)18-19-30-28-23-15-11-21(12-16-23)24(27)29;1-4-18(2)17-12-9-15(10-13-17)8-11-16-7-5-6-14-19(16)3/h3-17H,18-19H2,1-2H3,(H,27,29);5-14H,4H2,1-3H3/q;+1/p+1/b4-3+,7-5-,8-6+,25-17?;. The second kappa shape index (κ2) is 22.0. The predicted octanol–water partition coefficient (Wildman–Crippen LogP) is 6.96. The van der Waals surface area contributed by atoms with E-state index in [1.807, 2.05) is 49.7 Å². The smallest absolute Gasteiger partial charge is 0.216 e. The summed E-state index contributed by atoms with van der Waals surface area (Å²) in [6.07, 6.45) is 20.2. The number of aryl methyl sites for hydroxylation is 1. The lowest BCUT2D eigenvalue weighted by Gasteiger charge is -2.19. The number of nitrogens with one attached hydrogen (secondary N) is 1. The summed E-state index contributed by atoms with van der Waals surface area (Å²) in [4.78, 5) is 18.5. The molecule has 0 aliphatic heterocycles. The van der Waals surface area contributed by atoms with Gasteiger partial charge in [0.15, 0.2) is 12.4 Å².